The van der Waals surface area contributed by atoms with Gasteiger partial charge in [0.1, 0.15) is 5.56 Å². The van der Waals surface area contributed by atoms with Crippen LogP contribution in [0.1, 0.15) is 27.6 Å². The van der Waals surface area contributed by atoms with Gasteiger partial charge in [0.05, 0.1) is 22.7 Å². The third-order valence-electron chi connectivity index (χ3n) is 3.76. The molecule has 0 saturated carbocycles. The molecule has 2 aromatic carbocycles. The van der Waals surface area contributed by atoms with Crippen LogP contribution in [0.15, 0.2) is 53.5 Å². The van der Waals surface area contributed by atoms with Crippen LogP contribution in [-0.4, -0.2) is 23.5 Å². The summed E-state index contributed by atoms with van der Waals surface area (Å²) in [7, 11) is 0. The van der Waals surface area contributed by atoms with E-state index in [0.29, 0.717) is 27.2 Å². The first-order valence-electron chi connectivity index (χ1n) is 7.89. The highest BCUT2D eigenvalue weighted by molar-refractivity contribution is 6.35. The number of hydrogen-bond donors (Lipinski definition) is 2. The van der Waals surface area contributed by atoms with Gasteiger partial charge in [-0.15, -0.1) is 0 Å². The zero-order valence-electron chi connectivity index (χ0n) is 13.8. The summed E-state index contributed by atoms with van der Waals surface area (Å²) in [6.07, 6.45) is 1.33. The lowest BCUT2D eigenvalue weighted by Crippen LogP contribution is -2.22. The number of anilines is 1. The van der Waals surface area contributed by atoms with E-state index in [1.807, 2.05) is 0 Å². The van der Waals surface area contributed by atoms with Gasteiger partial charge in [0, 0.05) is 17.3 Å². The van der Waals surface area contributed by atoms with E-state index in [-0.39, 0.29) is 12.2 Å². The van der Waals surface area contributed by atoms with E-state index in [1.54, 1.807) is 37.3 Å². The first kappa shape index (κ1) is 17.7. The highest BCUT2D eigenvalue weighted by atomic mass is 35.5. The number of hydrogen-bond acceptors (Lipinski definition) is 4. The number of rotatable bonds is 4. The summed E-state index contributed by atoms with van der Waals surface area (Å²) in [4.78, 5) is 39.5. The van der Waals surface area contributed by atoms with E-state index in [4.69, 9.17) is 16.3 Å². The van der Waals surface area contributed by atoms with Gasteiger partial charge in [0.15, 0.2) is 0 Å². The second-order valence-electron chi connectivity index (χ2n) is 5.45. The Hall–Kier alpha value is -3.12. The van der Waals surface area contributed by atoms with Crippen molar-refractivity contribution in [3.05, 3.63) is 75.0 Å². The number of pyridine rings is 1. The Morgan fingerprint density at radius 1 is 1.15 bits per heavy atom. The molecule has 26 heavy (non-hydrogen) atoms. The summed E-state index contributed by atoms with van der Waals surface area (Å²) in [5, 5.41) is 3.37. The van der Waals surface area contributed by atoms with E-state index in [0.717, 1.165) is 0 Å². The summed E-state index contributed by atoms with van der Waals surface area (Å²) < 4.78 is 4.90. The van der Waals surface area contributed by atoms with E-state index >= 15 is 0 Å². The normalized spacial score (nSPS) is 10.5. The van der Waals surface area contributed by atoms with Crippen molar-refractivity contribution in [1.29, 1.82) is 0 Å². The van der Waals surface area contributed by atoms with E-state index in [1.165, 1.54) is 18.3 Å². The minimum absolute atomic E-state index is 0.0331. The lowest BCUT2D eigenvalue weighted by molar-refractivity contribution is 0.0526. The molecular weight excluding hydrogens is 356 g/mol. The Kier molecular flexibility index (Phi) is 5.04. The van der Waals surface area contributed by atoms with Crippen molar-refractivity contribution in [2.45, 2.75) is 6.92 Å². The Labute approximate surface area is 153 Å². The minimum atomic E-state index is -0.558. The third-order valence-corrected chi connectivity index (χ3v) is 4.08. The number of para-hydroxylation sites is 1. The molecule has 2 N–H and O–H groups in total. The predicted molar refractivity (Wildman–Crippen MR) is 99.9 cm³/mol. The number of aromatic amines is 1. The maximum absolute atomic E-state index is 12.5. The number of nitrogens with one attached hydrogen (secondary N) is 2. The van der Waals surface area contributed by atoms with Crippen molar-refractivity contribution in [3.63, 3.8) is 0 Å². The number of halogens is 1. The first-order chi connectivity index (χ1) is 12.5. The number of H-pyrrole nitrogens is 1. The lowest BCUT2D eigenvalue weighted by atomic mass is 10.1. The Balaban J connectivity index is 1.84. The average Bonchev–Trinajstić information content (AvgIpc) is 2.63. The number of carbonyl (C=O) groups is 2. The van der Waals surface area contributed by atoms with Gasteiger partial charge in [-0.25, -0.2) is 4.79 Å². The SMILES string of the molecule is CCOC(=O)c1ccc(NC(=O)c2c[nH]c3c(Cl)cccc3c2=O)cc1. The molecule has 3 rings (SSSR count). The van der Waals surface area contributed by atoms with Gasteiger partial charge >= 0.3 is 5.97 Å². The first-order valence-corrected chi connectivity index (χ1v) is 8.27. The second-order valence-corrected chi connectivity index (χ2v) is 5.85. The van der Waals surface area contributed by atoms with Crippen molar-refractivity contribution in [2.24, 2.45) is 0 Å². The molecule has 0 fully saturated rings. The Morgan fingerprint density at radius 2 is 1.88 bits per heavy atom. The summed E-state index contributed by atoms with van der Waals surface area (Å²) in [5.74, 6) is -0.995. The molecule has 7 heteroatoms. The molecule has 0 unspecified atom stereocenters. The number of esters is 1. The van der Waals surface area contributed by atoms with Gasteiger partial charge in [-0.2, -0.15) is 0 Å². The zero-order valence-corrected chi connectivity index (χ0v) is 14.6. The minimum Gasteiger partial charge on any atom is -0.462 e. The molecule has 0 radical (unpaired) electrons. The van der Waals surface area contributed by atoms with E-state index in [9.17, 15) is 14.4 Å². The van der Waals surface area contributed by atoms with E-state index < -0.39 is 17.3 Å². The molecule has 1 aromatic heterocycles. The molecule has 0 spiro atoms. The Morgan fingerprint density at radius 3 is 2.58 bits per heavy atom. The number of amides is 1. The van der Waals surface area contributed by atoms with E-state index in [2.05, 4.69) is 10.3 Å². The highest BCUT2D eigenvalue weighted by Gasteiger charge is 2.14. The lowest BCUT2D eigenvalue weighted by Gasteiger charge is -2.07. The largest absolute Gasteiger partial charge is 0.462 e. The number of ether oxygens (including phenoxy) is 1. The second kappa shape index (κ2) is 7.41. The third kappa shape index (κ3) is 3.45. The fourth-order valence-electron chi connectivity index (χ4n) is 2.49. The highest BCUT2D eigenvalue weighted by Crippen LogP contribution is 2.19. The van der Waals surface area contributed by atoms with Gasteiger partial charge in [-0.3, -0.25) is 9.59 Å². The molecule has 0 bridgehead atoms. The molecule has 0 aliphatic rings. The maximum atomic E-state index is 12.5. The van der Waals surface area contributed by atoms with Crippen LogP contribution >= 0.6 is 11.6 Å². The molecule has 0 saturated heterocycles. The van der Waals surface area contributed by atoms with Crippen LogP contribution in [0.5, 0.6) is 0 Å². The quantitative estimate of drug-likeness (QED) is 0.687. The predicted octanol–water partition coefficient (Wildman–Crippen LogP) is 3.61. The van der Waals surface area contributed by atoms with Crippen LogP contribution < -0.4 is 10.7 Å². The standard InChI is InChI=1S/C19H15ClN2O4/c1-2-26-19(25)11-6-8-12(9-7-11)22-18(24)14-10-21-16-13(17(14)23)4-3-5-15(16)20/h3-10H,2H2,1H3,(H,21,23)(H,22,24). The molecule has 1 heterocycles. The number of benzene rings is 2. The fraction of sp³-hybridized carbons (Fsp3) is 0.105. The summed E-state index contributed by atoms with van der Waals surface area (Å²) in [5.41, 5.74) is 0.863. The van der Waals surface area contributed by atoms with Crippen LogP contribution in [0.3, 0.4) is 0 Å². The Bertz CT molecular complexity index is 1040. The molecular formula is C19H15ClN2O4. The molecule has 0 aliphatic carbocycles. The molecule has 3 aromatic rings. The molecule has 0 aliphatic heterocycles. The van der Waals surface area contributed by atoms with Gasteiger partial charge in [0.25, 0.3) is 5.91 Å². The van der Waals surface area contributed by atoms with Crippen LogP contribution in [-0.2, 0) is 4.74 Å². The van der Waals surface area contributed by atoms with Gasteiger partial charge < -0.3 is 15.0 Å². The van der Waals surface area contributed by atoms with Gasteiger partial charge in [-0.1, -0.05) is 17.7 Å². The summed E-state index contributed by atoms with van der Waals surface area (Å²) in [6.45, 7) is 2.01. The van der Waals surface area contributed by atoms with Gasteiger partial charge in [0.2, 0.25) is 5.43 Å². The molecule has 6 nitrogen and oxygen atoms in total. The average molecular weight is 371 g/mol. The van der Waals surface area contributed by atoms with Crippen molar-refractivity contribution < 1.29 is 14.3 Å². The summed E-state index contributed by atoms with van der Waals surface area (Å²) in [6, 6.07) is 11.1. The van der Waals surface area contributed by atoms with Crippen molar-refractivity contribution >= 4 is 40.1 Å². The molecule has 132 valence electrons. The topological polar surface area (TPSA) is 88.3 Å². The summed E-state index contributed by atoms with van der Waals surface area (Å²) >= 11 is 6.05. The van der Waals surface area contributed by atoms with Crippen LogP contribution in [0.4, 0.5) is 5.69 Å². The van der Waals surface area contributed by atoms with Crippen molar-refractivity contribution in [2.75, 3.05) is 11.9 Å². The van der Waals surface area contributed by atoms with Crippen molar-refractivity contribution in [3.8, 4) is 0 Å². The molecule has 1 amide bonds. The van der Waals surface area contributed by atoms with Crippen LogP contribution in [0, 0.1) is 0 Å². The fourth-order valence-corrected chi connectivity index (χ4v) is 2.72. The zero-order chi connectivity index (χ0) is 18.7. The van der Waals surface area contributed by atoms with Gasteiger partial charge in [-0.05, 0) is 43.3 Å². The monoisotopic (exact) mass is 370 g/mol. The number of aromatic nitrogens is 1. The maximum Gasteiger partial charge on any atom is 0.338 e. The van der Waals surface area contributed by atoms with Crippen molar-refractivity contribution in [1.82, 2.24) is 4.98 Å². The van der Waals surface area contributed by atoms with Crippen LogP contribution in [0.2, 0.25) is 5.02 Å². The number of fused-ring (bicyclic) bond motifs is 1. The molecule has 0 atom stereocenters. The van der Waals surface area contributed by atoms with Crippen LogP contribution in [0.25, 0.3) is 10.9 Å². The number of carbonyl (C=O) groups excluding carboxylic acids is 2. The smallest absolute Gasteiger partial charge is 0.338 e.